The first-order chi connectivity index (χ1) is 12.0. The van der Waals surface area contributed by atoms with Crippen molar-refractivity contribution in [1.29, 1.82) is 0 Å². The molecule has 25 heavy (non-hydrogen) atoms. The van der Waals surface area contributed by atoms with Crippen molar-refractivity contribution in [1.82, 2.24) is 19.4 Å². The van der Waals surface area contributed by atoms with Gasteiger partial charge in [-0.2, -0.15) is 0 Å². The number of rotatable bonds is 2. The highest BCUT2D eigenvalue weighted by Crippen LogP contribution is 2.22. The quantitative estimate of drug-likeness (QED) is 0.599. The Morgan fingerprint density at radius 1 is 1.12 bits per heavy atom. The summed E-state index contributed by atoms with van der Waals surface area (Å²) in [6.45, 7) is 3.67. The lowest BCUT2D eigenvalue weighted by molar-refractivity contribution is 0.102. The topological polar surface area (TPSA) is 89.2 Å². The fourth-order valence-electron chi connectivity index (χ4n) is 2.61. The van der Waals surface area contributed by atoms with Gasteiger partial charge in [0.15, 0.2) is 0 Å². The van der Waals surface area contributed by atoms with E-state index >= 15 is 0 Å². The molecule has 4 heterocycles. The van der Waals surface area contributed by atoms with Crippen LogP contribution in [0.5, 0.6) is 0 Å². The SMILES string of the molecule is Cc1cc(C)nc(NC(=O)c2cc3c(=O)n4ccccc4nc3s2)n1. The van der Waals surface area contributed by atoms with Crippen LogP contribution in [-0.4, -0.2) is 25.3 Å². The van der Waals surface area contributed by atoms with E-state index in [-0.39, 0.29) is 17.4 Å². The summed E-state index contributed by atoms with van der Waals surface area (Å²) in [6, 6.07) is 8.72. The van der Waals surface area contributed by atoms with E-state index in [9.17, 15) is 9.59 Å². The van der Waals surface area contributed by atoms with Gasteiger partial charge in [0, 0.05) is 17.6 Å². The Balaban J connectivity index is 1.76. The Kier molecular flexibility index (Phi) is 3.54. The molecule has 0 saturated heterocycles. The Bertz CT molecular complexity index is 1170. The molecule has 4 aromatic rings. The zero-order valence-electron chi connectivity index (χ0n) is 13.5. The minimum Gasteiger partial charge on any atom is -0.290 e. The van der Waals surface area contributed by atoms with E-state index < -0.39 is 0 Å². The second-order valence-electron chi connectivity index (χ2n) is 5.60. The standard InChI is InChI=1S/C17H13N5O2S/c1-9-7-10(2)19-17(18-9)21-14(23)12-8-11-15(25-12)20-13-5-3-4-6-22(13)16(11)24/h3-8H,1-2H3,(H,18,19,21,23). The Morgan fingerprint density at radius 3 is 2.64 bits per heavy atom. The number of amides is 1. The largest absolute Gasteiger partial charge is 0.290 e. The first-order valence-corrected chi connectivity index (χ1v) is 8.37. The number of carbonyl (C=O) groups excluding carboxylic acids is 1. The highest BCUT2D eigenvalue weighted by atomic mass is 32.1. The average Bonchev–Trinajstić information content (AvgIpc) is 2.98. The third-order valence-corrected chi connectivity index (χ3v) is 4.68. The number of aryl methyl sites for hydroxylation is 2. The van der Waals surface area contributed by atoms with Gasteiger partial charge in [-0.05, 0) is 38.1 Å². The summed E-state index contributed by atoms with van der Waals surface area (Å²) < 4.78 is 1.46. The molecule has 0 fully saturated rings. The van der Waals surface area contributed by atoms with Crippen LogP contribution in [0.4, 0.5) is 5.95 Å². The first kappa shape index (κ1) is 15.4. The molecular formula is C17H13N5O2S. The predicted molar refractivity (Wildman–Crippen MR) is 96.3 cm³/mol. The molecule has 0 radical (unpaired) electrons. The van der Waals surface area contributed by atoms with Gasteiger partial charge >= 0.3 is 0 Å². The van der Waals surface area contributed by atoms with Crippen molar-refractivity contribution in [3.63, 3.8) is 0 Å². The molecule has 0 unspecified atom stereocenters. The van der Waals surface area contributed by atoms with Gasteiger partial charge in [0.2, 0.25) is 5.95 Å². The molecule has 124 valence electrons. The van der Waals surface area contributed by atoms with Crippen LogP contribution < -0.4 is 10.9 Å². The van der Waals surface area contributed by atoms with Gasteiger partial charge in [0.05, 0.1) is 10.3 Å². The fraction of sp³-hybridized carbons (Fsp3) is 0.118. The van der Waals surface area contributed by atoms with E-state index in [0.29, 0.717) is 20.7 Å². The number of anilines is 1. The van der Waals surface area contributed by atoms with Crippen LogP contribution in [0.15, 0.2) is 41.3 Å². The lowest BCUT2D eigenvalue weighted by atomic mass is 10.3. The maximum absolute atomic E-state index is 12.5. The summed E-state index contributed by atoms with van der Waals surface area (Å²) in [5.74, 6) is -0.115. The molecule has 0 aliphatic carbocycles. The van der Waals surface area contributed by atoms with Gasteiger partial charge in [-0.3, -0.25) is 19.3 Å². The van der Waals surface area contributed by atoms with Crippen molar-refractivity contribution >= 4 is 39.1 Å². The van der Waals surface area contributed by atoms with Crippen molar-refractivity contribution in [3.8, 4) is 0 Å². The maximum atomic E-state index is 12.5. The van der Waals surface area contributed by atoms with E-state index in [4.69, 9.17) is 0 Å². The van der Waals surface area contributed by atoms with Gasteiger partial charge in [-0.15, -0.1) is 11.3 Å². The molecule has 8 heteroatoms. The van der Waals surface area contributed by atoms with Crippen molar-refractivity contribution < 1.29 is 4.79 Å². The second kappa shape index (κ2) is 5.75. The third kappa shape index (κ3) is 2.76. The van der Waals surface area contributed by atoms with Gasteiger partial charge < -0.3 is 0 Å². The van der Waals surface area contributed by atoms with Crippen LogP contribution >= 0.6 is 11.3 Å². The van der Waals surface area contributed by atoms with Crippen LogP contribution in [0.25, 0.3) is 15.9 Å². The summed E-state index contributed by atoms with van der Waals surface area (Å²) in [5.41, 5.74) is 1.89. The molecule has 0 aliphatic rings. The van der Waals surface area contributed by atoms with E-state index in [1.54, 1.807) is 24.4 Å². The van der Waals surface area contributed by atoms with Crippen molar-refractivity contribution in [2.45, 2.75) is 13.8 Å². The number of hydrogen-bond acceptors (Lipinski definition) is 6. The van der Waals surface area contributed by atoms with Crippen LogP contribution in [0.3, 0.4) is 0 Å². The molecule has 1 amide bonds. The third-order valence-electron chi connectivity index (χ3n) is 3.65. The van der Waals surface area contributed by atoms with Crippen molar-refractivity contribution in [3.05, 3.63) is 63.1 Å². The normalized spacial score (nSPS) is 11.1. The average molecular weight is 351 g/mol. The minimum absolute atomic E-state index is 0.196. The molecule has 0 saturated carbocycles. The van der Waals surface area contributed by atoms with E-state index in [2.05, 4.69) is 20.3 Å². The van der Waals surface area contributed by atoms with Gasteiger partial charge in [-0.1, -0.05) is 6.07 Å². The zero-order valence-corrected chi connectivity index (χ0v) is 14.3. The Morgan fingerprint density at radius 2 is 1.88 bits per heavy atom. The molecule has 0 aromatic carbocycles. The van der Waals surface area contributed by atoms with Gasteiger partial charge in [0.25, 0.3) is 11.5 Å². The maximum Gasteiger partial charge on any atom is 0.268 e. The highest BCUT2D eigenvalue weighted by molar-refractivity contribution is 7.20. The summed E-state index contributed by atoms with van der Waals surface area (Å²) in [6.07, 6.45) is 1.66. The second-order valence-corrected chi connectivity index (χ2v) is 6.63. The molecule has 4 aromatic heterocycles. The smallest absolute Gasteiger partial charge is 0.268 e. The van der Waals surface area contributed by atoms with E-state index in [1.807, 2.05) is 26.0 Å². The summed E-state index contributed by atoms with van der Waals surface area (Å²) in [5, 5.41) is 3.09. The molecular weight excluding hydrogens is 338 g/mol. The molecule has 1 N–H and O–H groups in total. The number of carbonyl (C=O) groups is 1. The number of fused-ring (bicyclic) bond motifs is 2. The molecule has 0 spiro atoms. The number of nitrogens with one attached hydrogen (secondary N) is 1. The van der Waals surface area contributed by atoms with Gasteiger partial charge in [-0.25, -0.2) is 15.0 Å². The number of aromatic nitrogens is 4. The minimum atomic E-state index is -0.360. The molecule has 0 bridgehead atoms. The lowest BCUT2D eigenvalue weighted by Crippen LogP contribution is -2.14. The number of thiophene rings is 1. The first-order valence-electron chi connectivity index (χ1n) is 7.56. The van der Waals surface area contributed by atoms with Crippen LogP contribution in [-0.2, 0) is 0 Å². The molecule has 7 nitrogen and oxygen atoms in total. The molecule has 4 rings (SSSR count). The summed E-state index contributed by atoms with van der Waals surface area (Å²) in [4.78, 5) is 38.8. The van der Waals surface area contributed by atoms with Crippen LogP contribution in [0.1, 0.15) is 21.1 Å². The number of nitrogens with zero attached hydrogens (tertiary/aromatic N) is 4. The van der Waals surface area contributed by atoms with Crippen LogP contribution in [0.2, 0.25) is 0 Å². The number of hydrogen-bond donors (Lipinski definition) is 1. The summed E-state index contributed by atoms with van der Waals surface area (Å²) >= 11 is 1.17. The lowest BCUT2D eigenvalue weighted by Gasteiger charge is -2.03. The predicted octanol–water partition coefficient (Wildman–Crippen LogP) is 2.57. The highest BCUT2D eigenvalue weighted by Gasteiger charge is 2.16. The molecule has 0 aliphatic heterocycles. The fourth-order valence-corrected chi connectivity index (χ4v) is 3.53. The Hall–Kier alpha value is -3.13. The van der Waals surface area contributed by atoms with Crippen molar-refractivity contribution in [2.75, 3.05) is 5.32 Å². The van der Waals surface area contributed by atoms with Crippen molar-refractivity contribution in [2.24, 2.45) is 0 Å². The summed E-state index contributed by atoms with van der Waals surface area (Å²) in [7, 11) is 0. The monoisotopic (exact) mass is 351 g/mol. The van der Waals surface area contributed by atoms with E-state index in [0.717, 1.165) is 11.4 Å². The number of pyridine rings is 1. The zero-order chi connectivity index (χ0) is 17.6. The van der Waals surface area contributed by atoms with Gasteiger partial charge in [0.1, 0.15) is 10.5 Å². The van der Waals surface area contributed by atoms with E-state index in [1.165, 1.54) is 15.7 Å². The Labute approximate surface area is 146 Å². The van der Waals surface area contributed by atoms with Crippen LogP contribution in [0, 0.1) is 13.8 Å². The molecule has 0 atom stereocenters.